The van der Waals surface area contributed by atoms with Gasteiger partial charge in [-0.05, 0) is 43.5 Å². The highest BCUT2D eigenvalue weighted by atomic mass is 32.2. The largest absolute Gasteiger partial charge is 0.394 e. The Morgan fingerprint density at radius 2 is 1.94 bits per heavy atom. The zero-order valence-corrected chi connectivity index (χ0v) is 20.8. The van der Waals surface area contributed by atoms with Crippen LogP contribution in [-0.4, -0.2) is 42.3 Å². The van der Waals surface area contributed by atoms with Crippen molar-refractivity contribution in [2.24, 2.45) is 0 Å². The molecule has 1 fully saturated rings. The number of carbonyl (C=O) groups is 1. The quantitative estimate of drug-likeness (QED) is 0.377. The van der Waals surface area contributed by atoms with E-state index >= 15 is 0 Å². The van der Waals surface area contributed by atoms with Crippen molar-refractivity contribution < 1.29 is 9.90 Å². The number of amides is 1. The summed E-state index contributed by atoms with van der Waals surface area (Å²) in [6.45, 7) is 5.63. The van der Waals surface area contributed by atoms with Crippen LogP contribution in [0.2, 0.25) is 0 Å². The normalized spacial score (nSPS) is 16.9. The maximum absolute atomic E-state index is 13.5. The van der Waals surface area contributed by atoms with Crippen LogP contribution in [-0.2, 0) is 4.79 Å². The zero-order chi connectivity index (χ0) is 24.4. The van der Waals surface area contributed by atoms with Crippen molar-refractivity contribution in [2.45, 2.75) is 39.3 Å². The van der Waals surface area contributed by atoms with E-state index in [4.69, 9.17) is 12.2 Å². The monoisotopic (exact) mass is 494 g/mol. The van der Waals surface area contributed by atoms with E-state index in [0.717, 1.165) is 11.1 Å². The lowest BCUT2D eigenvalue weighted by molar-refractivity contribution is -0.123. The topological polar surface area (TPSA) is 86.9 Å². The van der Waals surface area contributed by atoms with Crippen molar-refractivity contribution in [1.29, 1.82) is 0 Å². The van der Waals surface area contributed by atoms with Crippen LogP contribution in [0.1, 0.15) is 43.0 Å². The van der Waals surface area contributed by atoms with Gasteiger partial charge in [-0.25, -0.2) is 4.98 Å². The Balaban J connectivity index is 1.80. The van der Waals surface area contributed by atoms with E-state index in [-0.39, 0.29) is 35.7 Å². The Hall–Kier alpha value is -3.01. The number of thioether (sulfide) groups is 1. The number of rotatable bonds is 7. The number of nitrogens with one attached hydrogen (secondary N) is 1. The minimum Gasteiger partial charge on any atom is -0.394 e. The number of pyridine rings is 1. The molecule has 9 heteroatoms. The first-order valence-electron chi connectivity index (χ1n) is 11.1. The molecule has 1 aliphatic heterocycles. The molecule has 1 aliphatic rings. The second-order valence-electron chi connectivity index (χ2n) is 8.13. The molecule has 0 spiro atoms. The Morgan fingerprint density at radius 1 is 1.21 bits per heavy atom. The van der Waals surface area contributed by atoms with Crippen LogP contribution < -0.4 is 10.9 Å². The number of anilines is 1. The van der Waals surface area contributed by atoms with Gasteiger partial charge < -0.3 is 10.4 Å². The molecule has 34 heavy (non-hydrogen) atoms. The Kier molecular flexibility index (Phi) is 7.16. The molecule has 7 nitrogen and oxygen atoms in total. The lowest BCUT2D eigenvalue weighted by atomic mass is 10.1. The second-order valence-corrected chi connectivity index (χ2v) is 9.81. The fourth-order valence-electron chi connectivity index (χ4n) is 3.85. The highest BCUT2D eigenvalue weighted by Crippen LogP contribution is 2.38. The third-order valence-corrected chi connectivity index (χ3v) is 7.24. The van der Waals surface area contributed by atoms with Crippen molar-refractivity contribution in [2.75, 3.05) is 11.9 Å². The minimum atomic E-state index is -0.301. The summed E-state index contributed by atoms with van der Waals surface area (Å²) in [4.78, 5) is 33.5. The van der Waals surface area contributed by atoms with Gasteiger partial charge >= 0.3 is 0 Å². The third kappa shape index (κ3) is 4.51. The van der Waals surface area contributed by atoms with Crippen molar-refractivity contribution in [3.63, 3.8) is 0 Å². The van der Waals surface area contributed by atoms with Gasteiger partial charge in [0, 0.05) is 6.20 Å². The molecule has 0 unspecified atom stereocenters. The van der Waals surface area contributed by atoms with Gasteiger partial charge in [0.2, 0.25) is 0 Å². The second kappa shape index (κ2) is 10.1. The van der Waals surface area contributed by atoms with Gasteiger partial charge in [-0.15, -0.1) is 0 Å². The maximum atomic E-state index is 13.5. The molecular formula is C25H26N4O3S2. The van der Waals surface area contributed by atoms with Crippen LogP contribution in [0.4, 0.5) is 5.82 Å². The standard InChI is InChI=1S/C25H26N4O3S2/c1-4-18(14-30)26-21-19(23(31)28-12-8-9-15(2)22(28)27-21)13-20-24(32)29(25(33)34-20)16(3)17-10-6-5-7-11-17/h5-13,16,18,26,30H,4,14H2,1-3H3/b20-13-/t16-,18-/m0/s1. The third-order valence-electron chi connectivity index (χ3n) is 5.91. The summed E-state index contributed by atoms with van der Waals surface area (Å²) in [6.07, 6.45) is 3.86. The van der Waals surface area contributed by atoms with Crippen LogP contribution in [0, 0.1) is 6.92 Å². The van der Waals surface area contributed by atoms with E-state index in [1.165, 1.54) is 16.2 Å². The summed E-state index contributed by atoms with van der Waals surface area (Å²) in [5.74, 6) is 0.0850. The molecule has 0 saturated carbocycles. The summed E-state index contributed by atoms with van der Waals surface area (Å²) in [7, 11) is 0. The minimum absolute atomic E-state index is 0.110. The number of aliphatic hydroxyl groups excluding tert-OH is 1. The van der Waals surface area contributed by atoms with Gasteiger partial charge in [-0.1, -0.05) is 67.3 Å². The molecule has 4 rings (SSSR count). The summed E-state index contributed by atoms with van der Waals surface area (Å²) >= 11 is 6.71. The van der Waals surface area contributed by atoms with Crippen LogP contribution >= 0.6 is 24.0 Å². The fourth-order valence-corrected chi connectivity index (χ4v) is 5.25. The predicted octanol–water partition coefficient (Wildman–Crippen LogP) is 4.15. The highest BCUT2D eigenvalue weighted by molar-refractivity contribution is 8.26. The molecular weight excluding hydrogens is 468 g/mol. The molecule has 2 N–H and O–H groups in total. The van der Waals surface area contributed by atoms with Gasteiger partial charge in [0.25, 0.3) is 11.5 Å². The molecule has 2 aromatic heterocycles. The van der Waals surface area contributed by atoms with Crippen LogP contribution in [0.3, 0.4) is 0 Å². The van der Waals surface area contributed by atoms with Gasteiger partial charge in [0.05, 0.1) is 29.2 Å². The number of aryl methyl sites for hydroxylation is 1. The highest BCUT2D eigenvalue weighted by Gasteiger charge is 2.36. The van der Waals surface area contributed by atoms with E-state index in [9.17, 15) is 14.7 Å². The van der Waals surface area contributed by atoms with Crippen molar-refractivity contribution in [1.82, 2.24) is 14.3 Å². The number of carbonyl (C=O) groups excluding carboxylic acids is 1. The smallest absolute Gasteiger partial charge is 0.267 e. The Labute approximate surface area is 207 Å². The maximum Gasteiger partial charge on any atom is 0.267 e. The Morgan fingerprint density at radius 3 is 2.62 bits per heavy atom. The average Bonchev–Trinajstić information content (AvgIpc) is 3.12. The van der Waals surface area contributed by atoms with Crippen molar-refractivity contribution in [3.05, 3.63) is 80.6 Å². The number of nitrogens with zero attached hydrogens (tertiary/aromatic N) is 3. The van der Waals surface area contributed by atoms with E-state index in [2.05, 4.69) is 10.3 Å². The van der Waals surface area contributed by atoms with E-state index in [1.807, 2.05) is 57.2 Å². The number of fused-ring (bicyclic) bond motifs is 1. The number of aliphatic hydroxyl groups is 1. The van der Waals surface area contributed by atoms with Crippen LogP contribution in [0.5, 0.6) is 0 Å². The van der Waals surface area contributed by atoms with Gasteiger partial charge in [-0.3, -0.25) is 18.9 Å². The van der Waals surface area contributed by atoms with Gasteiger partial charge in [0.15, 0.2) is 0 Å². The van der Waals surface area contributed by atoms with E-state index in [1.54, 1.807) is 23.2 Å². The number of aromatic nitrogens is 2. The van der Waals surface area contributed by atoms with Crippen molar-refractivity contribution in [3.8, 4) is 0 Å². The first kappa shape index (κ1) is 24.1. The van der Waals surface area contributed by atoms with Crippen LogP contribution in [0.15, 0.2) is 58.4 Å². The number of benzene rings is 1. The van der Waals surface area contributed by atoms with Gasteiger partial charge in [-0.2, -0.15) is 0 Å². The lowest BCUT2D eigenvalue weighted by Crippen LogP contribution is -2.31. The molecule has 1 aromatic carbocycles. The first-order valence-corrected chi connectivity index (χ1v) is 12.3. The summed E-state index contributed by atoms with van der Waals surface area (Å²) in [5, 5.41) is 12.9. The lowest BCUT2D eigenvalue weighted by Gasteiger charge is -2.23. The first-order chi connectivity index (χ1) is 16.3. The number of hydrogen-bond acceptors (Lipinski definition) is 7. The summed E-state index contributed by atoms with van der Waals surface area (Å²) < 4.78 is 1.91. The zero-order valence-electron chi connectivity index (χ0n) is 19.2. The van der Waals surface area contributed by atoms with E-state index < -0.39 is 0 Å². The summed E-state index contributed by atoms with van der Waals surface area (Å²) in [5.41, 5.74) is 2.28. The molecule has 1 saturated heterocycles. The molecule has 3 aromatic rings. The molecule has 0 aliphatic carbocycles. The summed E-state index contributed by atoms with van der Waals surface area (Å²) in [6, 6.07) is 12.8. The average molecular weight is 495 g/mol. The molecule has 2 atom stereocenters. The molecule has 0 radical (unpaired) electrons. The SMILES string of the molecule is CC[C@@H](CO)Nc1nc2c(C)cccn2c(=O)c1/C=C1\SC(=S)N([C@@H](C)c2ccccc2)C1=O. The molecule has 0 bridgehead atoms. The van der Waals surface area contributed by atoms with Gasteiger partial charge in [0.1, 0.15) is 15.8 Å². The van der Waals surface area contributed by atoms with E-state index in [0.29, 0.717) is 27.1 Å². The molecule has 3 heterocycles. The number of hydrogen-bond donors (Lipinski definition) is 2. The number of thiocarbonyl (C=S) groups is 1. The predicted molar refractivity (Wildman–Crippen MR) is 141 cm³/mol. The van der Waals surface area contributed by atoms with Crippen LogP contribution in [0.25, 0.3) is 11.7 Å². The molecule has 176 valence electrons. The fraction of sp³-hybridized carbons (Fsp3) is 0.280. The van der Waals surface area contributed by atoms with Crippen molar-refractivity contribution >= 4 is 51.7 Å². The molecule has 1 amide bonds. The Bertz CT molecular complexity index is 1330.